The zero-order valence-electron chi connectivity index (χ0n) is 12.6. The SMILES string of the molecule is CCC(N)Cn1c(C(F)(F)F)nc2cc(OC)c(OC)cc21. The van der Waals surface area contributed by atoms with E-state index in [9.17, 15) is 13.2 Å². The predicted molar refractivity (Wildman–Crippen MR) is 76.1 cm³/mol. The molecule has 2 rings (SSSR count). The van der Waals surface area contributed by atoms with E-state index in [0.29, 0.717) is 23.4 Å². The van der Waals surface area contributed by atoms with Gasteiger partial charge in [-0.2, -0.15) is 13.2 Å². The topological polar surface area (TPSA) is 62.3 Å². The van der Waals surface area contributed by atoms with Gasteiger partial charge in [-0.05, 0) is 6.42 Å². The average molecular weight is 317 g/mol. The second-order valence-corrected chi connectivity index (χ2v) is 4.91. The molecule has 1 aromatic heterocycles. The molecule has 0 bridgehead atoms. The van der Waals surface area contributed by atoms with E-state index < -0.39 is 18.0 Å². The van der Waals surface area contributed by atoms with Gasteiger partial charge in [0.1, 0.15) is 0 Å². The van der Waals surface area contributed by atoms with Gasteiger partial charge in [0.25, 0.3) is 0 Å². The lowest BCUT2D eigenvalue weighted by molar-refractivity contribution is -0.147. The first-order chi connectivity index (χ1) is 10.3. The number of hydrogen-bond acceptors (Lipinski definition) is 4. The fraction of sp³-hybridized carbons (Fsp3) is 0.500. The van der Waals surface area contributed by atoms with Crippen molar-refractivity contribution in [2.24, 2.45) is 5.73 Å². The number of halogens is 3. The van der Waals surface area contributed by atoms with E-state index in [1.165, 1.54) is 26.4 Å². The number of fused-ring (bicyclic) bond motifs is 1. The molecule has 1 aromatic carbocycles. The van der Waals surface area contributed by atoms with Gasteiger partial charge < -0.3 is 19.8 Å². The standard InChI is InChI=1S/C14H18F3N3O2/c1-4-8(18)7-20-10-6-12(22-3)11(21-2)5-9(10)19-13(20)14(15,16)17/h5-6,8H,4,7,18H2,1-3H3. The van der Waals surface area contributed by atoms with Crippen molar-refractivity contribution in [1.82, 2.24) is 9.55 Å². The van der Waals surface area contributed by atoms with Gasteiger partial charge >= 0.3 is 6.18 Å². The third kappa shape index (κ3) is 2.96. The largest absolute Gasteiger partial charge is 0.493 e. The smallest absolute Gasteiger partial charge is 0.449 e. The van der Waals surface area contributed by atoms with Gasteiger partial charge in [-0.15, -0.1) is 0 Å². The van der Waals surface area contributed by atoms with E-state index in [-0.39, 0.29) is 12.1 Å². The van der Waals surface area contributed by atoms with Crippen LogP contribution < -0.4 is 15.2 Å². The van der Waals surface area contributed by atoms with Crippen LogP contribution in [-0.2, 0) is 12.7 Å². The van der Waals surface area contributed by atoms with Crippen molar-refractivity contribution in [1.29, 1.82) is 0 Å². The molecule has 0 aliphatic carbocycles. The first-order valence-electron chi connectivity index (χ1n) is 6.76. The van der Waals surface area contributed by atoms with Gasteiger partial charge in [0.2, 0.25) is 5.82 Å². The van der Waals surface area contributed by atoms with Crippen LogP contribution in [0.1, 0.15) is 19.2 Å². The van der Waals surface area contributed by atoms with Crippen molar-refractivity contribution >= 4 is 11.0 Å². The third-order valence-corrected chi connectivity index (χ3v) is 3.45. The molecule has 0 saturated carbocycles. The first-order valence-corrected chi connectivity index (χ1v) is 6.76. The molecule has 1 atom stereocenters. The van der Waals surface area contributed by atoms with Crippen LogP contribution in [0.25, 0.3) is 11.0 Å². The first kappa shape index (κ1) is 16.4. The number of methoxy groups -OCH3 is 2. The van der Waals surface area contributed by atoms with E-state index in [1.807, 2.05) is 6.92 Å². The molecule has 2 aromatic rings. The van der Waals surface area contributed by atoms with Gasteiger partial charge in [-0.3, -0.25) is 0 Å². The maximum Gasteiger partial charge on any atom is 0.449 e. The number of hydrogen-bond donors (Lipinski definition) is 1. The van der Waals surface area contributed by atoms with Crippen LogP contribution >= 0.6 is 0 Å². The van der Waals surface area contributed by atoms with Crippen LogP contribution in [0.2, 0.25) is 0 Å². The zero-order valence-corrected chi connectivity index (χ0v) is 12.6. The Labute approximate surface area is 125 Å². The molecule has 2 N–H and O–H groups in total. The Hall–Kier alpha value is -1.96. The highest BCUT2D eigenvalue weighted by atomic mass is 19.4. The highest BCUT2D eigenvalue weighted by Crippen LogP contribution is 2.36. The fourth-order valence-corrected chi connectivity index (χ4v) is 2.22. The quantitative estimate of drug-likeness (QED) is 0.921. The Bertz CT molecular complexity index is 667. The van der Waals surface area contributed by atoms with Crippen molar-refractivity contribution in [3.63, 3.8) is 0 Å². The Balaban J connectivity index is 2.70. The molecular weight excluding hydrogens is 299 g/mol. The Morgan fingerprint density at radius 2 is 1.82 bits per heavy atom. The van der Waals surface area contributed by atoms with Crippen LogP contribution in [0.15, 0.2) is 12.1 Å². The molecule has 0 spiro atoms. The maximum absolute atomic E-state index is 13.2. The van der Waals surface area contributed by atoms with E-state index in [0.717, 1.165) is 4.57 Å². The molecule has 1 unspecified atom stereocenters. The number of ether oxygens (including phenoxy) is 2. The molecule has 0 aliphatic heterocycles. The molecule has 122 valence electrons. The zero-order chi connectivity index (χ0) is 16.5. The number of nitrogens with two attached hydrogens (primary N) is 1. The number of imidazole rings is 1. The molecule has 22 heavy (non-hydrogen) atoms. The van der Waals surface area contributed by atoms with E-state index in [4.69, 9.17) is 15.2 Å². The van der Waals surface area contributed by atoms with Crippen LogP contribution in [0.5, 0.6) is 11.5 Å². The lowest BCUT2D eigenvalue weighted by Crippen LogP contribution is -2.28. The summed E-state index contributed by atoms with van der Waals surface area (Å²) < 4.78 is 51.0. The van der Waals surface area contributed by atoms with Crippen LogP contribution in [-0.4, -0.2) is 29.8 Å². The Morgan fingerprint density at radius 3 is 2.32 bits per heavy atom. The molecule has 1 heterocycles. The minimum atomic E-state index is -4.56. The third-order valence-electron chi connectivity index (χ3n) is 3.45. The van der Waals surface area contributed by atoms with Gasteiger partial charge in [0.05, 0.1) is 25.3 Å². The Kier molecular flexibility index (Phi) is 4.50. The predicted octanol–water partition coefficient (Wildman–Crippen LogP) is 2.81. The fourth-order valence-electron chi connectivity index (χ4n) is 2.22. The van der Waals surface area contributed by atoms with Crippen molar-refractivity contribution in [2.45, 2.75) is 32.1 Å². The second-order valence-electron chi connectivity index (χ2n) is 4.91. The normalized spacial score (nSPS) is 13.4. The second kappa shape index (κ2) is 6.04. The monoisotopic (exact) mass is 317 g/mol. The van der Waals surface area contributed by atoms with Gasteiger partial charge in [-0.25, -0.2) is 4.98 Å². The van der Waals surface area contributed by atoms with Crippen molar-refractivity contribution in [2.75, 3.05) is 14.2 Å². The molecule has 5 nitrogen and oxygen atoms in total. The number of alkyl halides is 3. The molecule has 0 radical (unpaired) electrons. The highest BCUT2D eigenvalue weighted by Gasteiger charge is 2.38. The molecule has 0 aliphatic rings. The summed E-state index contributed by atoms with van der Waals surface area (Å²) in [6.45, 7) is 1.85. The van der Waals surface area contributed by atoms with Crippen LogP contribution in [0.3, 0.4) is 0 Å². The summed E-state index contributed by atoms with van der Waals surface area (Å²) in [6.07, 6.45) is -4.00. The number of benzene rings is 1. The van der Waals surface area contributed by atoms with Gasteiger partial charge in [0.15, 0.2) is 11.5 Å². The lowest BCUT2D eigenvalue weighted by Gasteiger charge is -2.15. The van der Waals surface area contributed by atoms with E-state index >= 15 is 0 Å². The van der Waals surface area contributed by atoms with Gasteiger partial charge in [0, 0.05) is 24.7 Å². The summed E-state index contributed by atoms with van der Waals surface area (Å²) in [5, 5.41) is 0. The molecule has 8 heteroatoms. The van der Waals surface area contributed by atoms with E-state index in [2.05, 4.69) is 4.98 Å². The maximum atomic E-state index is 13.2. The summed E-state index contributed by atoms with van der Waals surface area (Å²) in [4.78, 5) is 3.70. The summed E-state index contributed by atoms with van der Waals surface area (Å²) in [6, 6.07) is 2.52. The number of rotatable bonds is 5. The average Bonchev–Trinajstić information content (AvgIpc) is 2.83. The van der Waals surface area contributed by atoms with Crippen LogP contribution in [0, 0.1) is 0 Å². The number of aromatic nitrogens is 2. The Morgan fingerprint density at radius 1 is 1.23 bits per heavy atom. The van der Waals surface area contributed by atoms with Crippen molar-refractivity contribution < 1.29 is 22.6 Å². The van der Waals surface area contributed by atoms with Crippen molar-refractivity contribution in [3.05, 3.63) is 18.0 Å². The minimum absolute atomic E-state index is 0.0251. The minimum Gasteiger partial charge on any atom is -0.493 e. The summed E-state index contributed by atoms with van der Waals surface area (Å²) in [7, 11) is 2.84. The van der Waals surface area contributed by atoms with Crippen molar-refractivity contribution in [3.8, 4) is 11.5 Å². The van der Waals surface area contributed by atoms with Crippen LogP contribution in [0.4, 0.5) is 13.2 Å². The summed E-state index contributed by atoms with van der Waals surface area (Å²) in [5.74, 6) is -0.301. The molecule has 0 fully saturated rings. The highest BCUT2D eigenvalue weighted by molar-refractivity contribution is 5.80. The summed E-state index contributed by atoms with van der Waals surface area (Å²) >= 11 is 0. The molecule has 0 saturated heterocycles. The molecular formula is C14H18F3N3O2. The number of nitrogens with zero attached hydrogens (tertiary/aromatic N) is 2. The lowest BCUT2D eigenvalue weighted by atomic mass is 10.2. The van der Waals surface area contributed by atoms with Gasteiger partial charge in [-0.1, -0.05) is 6.92 Å². The summed E-state index contributed by atoms with van der Waals surface area (Å²) in [5.41, 5.74) is 6.32. The molecule has 0 amide bonds. The van der Waals surface area contributed by atoms with E-state index in [1.54, 1.807) is 0 Å².